The average Bonchev–Trinajstić information content (AvgIpc) is 3.12. The summed E-state index contributed by atoms with van der Waals surface area (Å²) in [6.45, 7) is 0.231. The minimum Gasteiger partial charge on any atom is -0.342 e. The third-order valence-corrected chi connectivity index (χ3v) is 4.66. The summed E-state index contributed by atoms with van der Waals surface area (Å²) in [6, 6.07) is 13.4. The van der Waals surface area contributed by atoms with Gasteiger partial charge in [-0.3, -0.25) is 14.9 Å². The van der Waals surface area contributed by atoms with Crippen molar-refractivity contribution >= 4 is 28.5 Å². The predicted octanol–water partition coefficient (Wildman–Crippen LogP) is 4.32. The molecule has 2 heterocycles. The molecule has 6 nitrogen and oxygen atoms in total. The summed E-state index contributed by atoms with van der Waals surface area (Å²) in [5.41, 5.74) is 0.740. The standard InChI is InChI=1S/C22H15F3N4O2/c23-22(24,25)15-8-6-14(7-9-15)12-29-13-17(16-4-1-2-5-18(16)29)19(30)20(31)28-21-26-10-3-11-27-21/h1-11,13H,12H2,(H,26,27,28,31). The third-order valence-electron chi connectivity index (χ3n) is 4.66. The van der Waals surface area contributed by atoms with E-state index in [-0.39, 0.29) is 18.1 Å². The first kappa shape index (κ1) is 20.3. The number of nitrogens with one attached hydrogen (secondary N) is 1. The fourth-order valence-electron chi connectivity index (χ4n) is 3.20. The maximum Gasteiger partial charge on any atom is 0.416 e. The molecule has 31 heavy (non-hydrogen) atoms. The van der Waals surface area contributed by atoms with Gasteiger partial charge in [-0.25, -0.2) is 9.97 Å². The molecule has 9 heteroatoms. The zero-order valence-electron chi connectivity index (χ0n) is 15.9. The predicted molar refractivity (Wildman–Crippen MR) is 107 cm³/mol. The van der Waals surface area contributed by atoms with Gasteiger partial charge >= 0.3 is 6.18 Å². The number of alkyl halides is 3. The van der Waals surface area contributed by atoms with E-state index in [1.54, 1.807) is 34.9 Å². The van der Waals surface area contributed by atoms with Crippen molar-refractivity contribution in [2.75, 3.05) is 5.32 Å². The highest BCUT2D eigenvalue weighted by atomic mass is 19.4. The lowest BCUT2D eigenvalue weighted by Gasteiger charge is -2.09. The van der Waals surface area contributed by atoms with Gasteiger partial charge in [-0.2, -0.15) is 13.2 Å². The molecule has 156 valence electrons. The van der Waals surface area contributed by atoms with E-state index in [1.165, 1.54) is 30.7 Å². The molecule has 0 radical (unpaired) electrons. The minimum absolute atomic E-state index is 0.00865. The number of ketones is 1. The van der Waals surface area contributed by atoms with Crippen molar-refractivity contribution in [3.05, 3.63) is 89.9 Å². The van der Waals surface area contributed by atoms with Crippen molar-refractivity contribution in [3.8, 4) is 0 Å². The molecule has 1 N–H and O–H groups in total. The lowest BCUT2D eigenvalue weighted by molar-refractivity contribution is -0.137. The number of carbonyl (C=O) groups is 2. The van der Waals surface area contributed by atoms with Gasteiger partial charge in [-0.15, -0.1) is 0 Å². The third kappa shape index (κ3) is 4.30. The average molecular weight is 424 g/mol. The lowest BCUT2D eigenvalue weighted by Crippen LogP contribution is -2.23. The van der Waals surface area contributed by atoms with Crippen LogP contribution in [0.1, 0.15) is 21.5 Å². The van der Waals surface area contributed by atoms with E-state index in [4.69, 9.17) is 0 Å². The van der Waals surface area contributed by atoms with Crippen molar-refractivity contribution < 1.29 is 22.8 Å². The SMILES string of the molecule is O=C(Nc1ncccn1)C(=O)c1cn(Cc2ccc(C(F)(F)F)cc2)c2ccccc12. The number of nitrogens with zero attached hydrogens (tertiary/aromatic N) is 3. The van der Waals surface area contributed by atoms with Gasteiger partial charge in [0.05, 0.1) is 11.1 Å². The van der Waals surface area contributed by atoms with Crippen molar-refractivity contribution in [2.24, 2.45) is 0 Å². The first-order chi connectivity index (χ1) is 14.8. The molecule has 0 aliphatic carbocycles. The van der Waals surface area contributed by atoms with Gasteiger partial charge in [0, 0.05) is 36.0 Å². The lowest BCUT2D eigenvalue weighted by atomic mass is 10.1. The number of aromatic nitrogens is 3. The van der Waals surface area contributed by atoms with Gasteiger partial charge in [0.2, 0.25) is 5.95 Å². The van der Waals surface area contributed by atoms with Gasteiger partial charge in [0.25, 0.3) is 11.7 Å². The Kier molecular flexibility index (Phi) is 5.24. The molecule has 0 saturated carbocycles. The number of fused-ring (bicyclic) bond motifs is 1. The molecule has 2 aromatic heterocycles. The van der Waals surface area contributed by atoms with E-state index in [1.807, 2.05) is 0 Å². The highest BCUT2D eigenvalue weighted by Crippen LogP contribution is 2.29. The number of para-hydroxylation sites is 1. The molecule has 0 unspecified atom stereocenters. The number of Topliss-reactive ketones (excluding diaryl/α,β-unsaturated/α-hetero) is 1. The van der Waals surface area contributed by atoms with Crippen LogP contribution in [-0.4, -0.2) is 26.2 Å². The van der Waals surface area contributed by atoms with Crippen molar-refractivity contribution in [1.29, 1.82) is 0 Å². The molecule has 0 saturated heterocycles. The Labute approximate surface area is 174 Å². The molecule has 2 aromatic carbocycles. The van der Waals surface area contributed by atoms with Crippen LogP contribution in [0.5, 0.6) is 0 Å². The van der Waals surface area contributed by atoms with E-state index in [0.717, 1.165) is 12.1 Å². The second-order valence-corrected chi connectivity index (χ2v) is 6.74. The molecule has 0 fully saturated rings. The molecule has 0 bridgehead atoms. The van der Waals surface area contributed by atoms with Crippen LogP contribution in [0.2, 0.25) is 0 Å². The largest absolute Gasteiger partial charge is 0.416 e. The smallest absolute Gasteiger partial charge is 0.342 e. The second-order valence-electron chi connectivity index (χ2n) is 6.74. The number of benzene rings is 2. The molecule has 0 atom stereocenters. The fourth-order valence-corrected chi connectivity index (χ4v) is 3.20. The van der Waals surface area contributed by atoms with Crippen LogP contribution >= 0.6 is 0 Å². The van der Waals surface area contributed by atoms with Gasteiger partial charge in [0.1, 0.15) is 0 Å². The monoisotopic (exact) mass is 424 g/mol. The maximum absolute atomic E-state index is 12.8. The first-order valence-corrected chi connectivity index (χ1v) is 9.19. The normalized spacial score (nSPS) is 11.5. The van der Waals surface area contributed by atoms with Crippen LogP contribution in [0.25, 0.3) is 10.9 Å². The summed E-state index contributed by atoms with van der Waals surface area (Å²) in [6.07, 6.45) is -0.0176. The van der Waals surface area contributed by atoms with Crippen LogP contribution in [-0.2, 0) is 17.5 Å². The Balaban J connectivity index is 1.63. The summed E-state index contributed by atoms with van der Waals surface area (Å²) >= 11 is 0. The number of hydrogen-bond donors (Lipinski definition) is 1. The fraction of sp³-hybridized carbons (Fsp3) is 0.0909. The molecule has 0 aliphatic heterocycles. The molecule has 4 rings (SSSR count). The number of anilines is 1. The number of halogens is 3. The Morgan fingerprint density at radius 1 is 0.935 bits per heavy atom. The summed E-state index contributed by atoms with van der Waals surface area (Å²) in [4.78, 5) is 32.9. The van der Waals surface area contributed by atoms with Gasteiger partial charge in [0.15, 0.2) is 0 Å². The molecular formula is C22H15F3N4O2. The molecule has 1 amide bonds. The van der Waals surface area contributed by atoms with Crippen LogP contribution in [0, 0.1) is 0 Å². The molecule has 0 aliphatic rings. The zero-order chi connectivity index (χ0) is 22.0. The maximum atomic E-state index is 12.8. The van der Waals surface area contributed by atoms with E-state index < -0.39 is 23.4 Å². The Morgan fingerprint density at radius 3 is 2.29 bits per heavy atom. The van der Waals surface area contributed by atoms with Crippen LogP contribution < -0.4 is 5.32 Å². The van der Waals surface area contributed by atoms with Crippen molar-refractivity contribution in [3.63, 3.8) is 0 Å². The van der Waals surface area contributed by atoms with Crippen LogP contribution in [0.4, 0.5) is 19.1 Å². The van der Waals surface area contributed by atoms with E-state index >= 15 is 0 Å². The van der Waals surface area contributed by atoms with Crippen molar-refractivity contribution in [1.82, 2.24) is 14.5 Å². The molecular weight excluding hydrogens is 409 g/mol. The second kappa shape index (κ2) is 8.02. The van der Waals surface area contributed by atoms with Crippen LogP contribution in [0.15, 0.2) is 73.2 Å². The number of carbonyl (C=O) groups excluding carboxylic acids is 2. The molecule has 4 aromatic rings. The van der Waals surface area contributed by atoms with E-state index in [9.17, 15) is 22.8 Å². The van der Waals surface area contributed by atoms with Gasteiger partial charge in [-0.1, -0.05) is 30.3 Å². The summed E-state index contributed by atoms with van der Waals surface area (Å²) in [5.74, 6) is -1.65. The van der Waals surface area contributed by atoms with E-state index in [0.29, 0.717) is 16.5 Å². The first-order valence-electron chi connectivity index (χ1n) is 9.19. The number of hydrogen-bond acceptors (Lipinski definition) is 4. The zero-order valence-corrected chi connectivity index (χ0v) is 15.9. The van der Waals surface area contributed by atoms with E-state index in [2.05, 4.69) is 15.3 Å². The highest BCUT2D eigenvalue weighted by Gasteiger charge is 2.30. The van der Waals surface area contributed by atoms with Gasteiger partial charge in [-0.05, 0) is 29.8 Å². The van der Waals surface area contributed by atoms with Gasteiger partial charge < -0.3 is 4.57 Å². The van der Waals surface area contributed by atoms with Crippen LogP contribution in [0.3, 0.4) is 0 Å². The topological polar surface area (TPSA) is 76.9 Å². The summed E-state index contributed by atoms with van der Waals surface area (Å²) in [7, 11) is 0. The Morgan fingerprint density at radius 2 is 1.61 bits per heavy atom. The number of amides is 1. The summed E-state index contributed by atoms with van der Waals surface area (Å²) < 4.78 is 40.1. The number of rotatable bonds is 5. The molecule has 0 spiro atoms. The highest BCUT2D eigenvalue weighted by molar-refractivity contribution is 6.48. The quantitative estimate of drug-likeness (QED) is 0.382. The van der Waals surface area contributed by atoms with Crippen molar-refractivity contribution in [2.45, 2.75) is 12.7 Å². The Hall–Kier alpha value is -4.01. The minimum atomic E-state index is -4.41. The Bertz CT molecular complexity index is 1250. The summed E-state index contributed by atoms with van der Waals surface area (Å²) in [5, 5.41) is 2.92.